The second kappa shape index (κ2) is 8.08. The van der Waals surface area contributed by atoms with Crippen molar-refractivity contribution in [2.45, 2.75) is 45.1 Å². The Hall–Kier alpha value is -0.120. The Balaban J connectivity index is 1.84. The van der Waals surface area contributed by atoms with Crippen LogP contribution in [-0.2, 0) is 4.74 Å². The van der Waals surface area contributed by atoms with Crippen molar-refractivity contribution in [3.05, 3.63) is 0 Å². The van der Waals surface area contributed by atoms with Crippen molar-refractivity contribution < 1.29 is 9.84 Å². The molecule has 2 N–H and O–H groups in total. The van der Waals surface area contributed by atoms with Gasteiger partial charge in [0, 0.05) is 13.2 Å². The number of aliphatic hydroxyl groups is 1. The Bertz CT molecular complexity index is 147. The highest BCUT2D eigenvalue weighted by atomic mass is 16.5. The van der Waals surface area contributed by atoms with Crippen molar-refractivity contribution >= 4 is 0 Å². The fraction of sp³-hybridized carbons (Fsp3) is 1.00. The largest absolute Gasteiger partial charge is 0.396 e. The molecule has 0 spiro atoms. The quantitative estimate of drug-likeness (QED) is 0.604. The first-order valence-corrected chi connectivity index (χ1v) is 6.26. The number of hydrogen-bond donors (Lipinski definition) is 2. The number of aliphatic hydroxyl groups excluding tert-OH is 1. The van der Waals surface area contributed by atoms with Crippen LogP contribution in [0, 0.1) is 5.92 Å². The Morgan fingerprint density at radius 3 is 3.07 bits per heavy atom. The molecule has 90 valence electrons. The van der Waals surface area contributed by atoms with E-state index in [4.69, 9.17) is 9.84 Å². The molecule has 1 aliphatic heterocycles. The first kappa shape index (κ1) is 12.9. The van der Waals surface area contributed by atoms with Gasteiger partial charge >= 0.3 is 0 Å². The van der Waals surface area contributed by atoms with E-state index >= 15 is 0 Å². The minimum absolute atomic E-state index is 0.304. The Labute approximate surface area is 93.2 Å². The van der Waals surface area contributed by atoms with E-state index in [1.807, 2.05) is 0 Å². The molecular formula is C12H25NO2. The lowest BCUT2D eigenvalue weighted by Gasteiger charge is -2.12. The van der Waals surface area contributed by atoms with Crippen LogP contribution in [0.15, 0.2) is 0 Å². The smallest absolute Gasteiger partial charge is 0.0576 e. The van der Waals surface area contributed by atoms with Gasteiger partial charge in [-0.25, -0.2) is 0 Å². The zero-order valence-corrected chi connectivity index (χ0v) is 9.87. The van der Waals surface area contributed by atoms with E-state index in [2.05, 4.69) is 12.2 Å². The van der Waals surface area contributed by atoms with E-state index in [1.54, 1.807) is 0 Å². The molecule has 2 unspecified atom stereocenters. The average Bonchev–Trinajstić information content (AvgIpc) is 2.70. The zero-order chi connectivity index (χ0) is 10.9. The number of nitrogens with one attached hydrogen (secondary N) is 1. The second-order valence-electron chi connectivity index (χ2n) is 4.60. The normalized spacial score (nSPS) is 23.2. The maximum atomic E-state index is 8.74. The van der Waals surface area contributed by atoms with Crippen molar-refractivity contribution in [1.29, 1.82) is 0 Å². The summed E-state index contributed by atoms with van der Waals surface area (Å²) in [5.41, 5.74) is 0. The van der Waals surface area contributed by atoms with Gasteiger partial charge in [0.25, 0.3) is 0 Å². The van der Waals surface area contributed by atoms with Crippen LogP contribution >= 0.6 is 0 Å². The lowest BCUT2D eigenvalue weighted by molar-refractivity contribution is 0.102. The molecule has 0 aliphatic carbocycles. The molecule has 1 fully saturated rings. The van der Waals surface area contributed by atoms with Gasteiger partial charge in [0.1, 0.15) is 0 Å². The van der Waals surface area contributed by atoms with Crippen LogP contribution in [0.5, 0.6) is 0 Å². The van der Waals surface area contributed by atoms with Crippen molar-refractivity contribution in [2.75, 3.05) is 26.3 Å². The van der Waals surface area contributed by atoms with Gasteiger partial charge in [-0.15, -0.1) is 0 Å². The molecule has 1 rings (SSSR count). The molecule has 0 saturated carbocycles. The molecule has 0 aromatic rings. The zero-order valence-electron chi connectivity index (χ0n) is 9.87. The van der Waals surface area contributed by atoms with Gasteiger partial charge in [-0.3, -0.25) is 0 Å². The lowest BCUT2D eigenvalue weighted by atomic mass is 10.1. The van der Waals surface area contributed by atoms with Gasteiger partial charge in [0.05, 0.1) is 6.10 Å². The van der Waals surface area contributed by atoms with Gasteiger partial charge in [-0.1, -0.05) is 6.92 Å². The molecule has 0 bridgehead atoms. The second-order valence-corrected chi connectivity index (χ2v) is 4.60. The molecule has 0 radical (unpaired) electrons. The van der Waals surface area contributed by atoms with Gasteiger partial charge in [-0.05, 0) is 51.1 Å². The molecule has 0 amide bonds. The molecule has 15 heavy (non-hydrogen) atoms. The molecule has 3 nitrogen and oxygen atoms in total. The monoisotopic (exact) mass is 215 g/mol. The van der Waals surface area contributed by atoms with Gasteiger partial charge < -0.3 is 15.2 Å². The number of ether oxygens (including phenoxy) is 1. The molecule has 1 aliphatic rings. The average molecular weight is 215 g/mol. The van der Waals surface area contributed by atoms with E-state index < -0.39 is 0 Å². The minimum atomic E-state index is 0.304. The Morgan fingerprint density at radius 1 is 1.53 bits per heavy atom. The first-order chi connectivity index (χ1) is 7.33. The van der Waals surface area contributed by atoms with E-state index in [9.17, 15) is 0 Å². The first-order valence-electron chi connectivity index (χ1n) is 6.26. The third-order valence-electron chi connectivity index (χ3n) is 3.02. The fourth-order valence-corrected chi connectivity index (χ4v) is 2.00. The van der Waals surface area contributed by atoms with Crippen molar-refractivity contribution in [2.24, 2.45) is 5.92 Å². The van der Waals surface area contributed by atoms with Crippen LogP contribution in [0.2, 0.25) is 0 Å². The van der Waals surface area contributed by atoms with Crippen LogP contribution < -0.4 is 5.32 Å². The topological polar surface area (TPSA) is 41.5 Å². The predicted molar refractivity (Wildman–Crippen MR) is 61.9 cm³/mol. The van der Waals surface area contributed by atoms with Gasteiger partial charge in [-0.2, -0.15) is 0 Å². The SMILES string of the molecule is CC(CCO)CNCCCC1CCCO1. The summed E-state index contributed by atoms with van der Waals surface area (Å²) >= 11 is 0. The van der Waals surface area contributed by atoms with Gasteiger partial charge in [0.2, 0.25) is 0 Å². The summed E-state index contributed by atoms with van der Waals surface area (Å²) in [6, 6.07) is 0. The number of rotatable bonds is 8. The molecule has 3 heteroatoms. The van der Waals surface area contributed by atoms with Crippen LogP contribution in [-0.4, -0.2) is 37.5 Å². The van der Waals surface area contributed by atoms with Crippen LogP contribution in [0.4, 0.5) is 0 Å². The molecule has 1 saturated heterocycles. The van der Waals surface area contributed by atoms with Crippen LogP contribution in [0.1, 0.15) is 39.0 Å². The highest BCUT2D eigenvalue weighted by Crippen LogP contribution is 2.16. The summed E-state index contributed by atoms with van der Waals surface area (Å²) in [6.07, 6.45) is 6.32. The highest BCUT2D eigenvalue weighted by Gasteiger charge is 2.14. The van der Waals surface area contributed by atoms with E-state index in [-0.39, 0.29) is 0 Å². The third-order valence-corrected chi connectivity index (χ3v) is 3.02. The van der Waals surface area contributed by atoms with Crippen molar-refractivity contribution in [3.8, 4) is 0 Å². The summed E-state index contributed by atoms with van der Waals surface area (Å²) in [7, 11) is 0. The number of hydrogen-bond acceptors (Lipinski definition) is 3. The molecule has 2 atom stereocenters. The van der Waals surface area contributed by atoms with Crippen LogP contribution in [0.25, 0.3) is 0 Å². The van der Waals surface area contributed by atoms with Crippen molar-refractivity contribution in [1.82, 2.24) is 5.32 Å². The minimum Gasteiger partial charge on any atom is -0.396 e. The molecular weight excluding hydrogens is 190 g/mol. The van der Waals surface area contributed by atoms with Crippen LogP contribution in [0.3, 0.4) is 0 Å². The molecule has 0 aromatic carbocycles. The maximum absolute atomic E-state index is 8.74. The Morgan fingerprint density at radius 2 is 2.40 bits per heavy atom. The van der Waals surface area contributed by atoms with Gasteiger partial charge in [0.15, 0.2) is 0 Å². The molecule has 1 heterocycles. The highest BCUT2D eigenvalue weighted by molar-refractivity contribution is 4.65. The summed E-state index contributed by atoms with van der Waals surface area (Å²) in [6.45, 7) is 5.54. The van der Waals surface area contributed by atoms with E-state index in [1.165, 1.54) is 25.7 Å². The third kappa shape index (κ3) is 6.13. The summed E-state index contributed by atoms with van der Waals surface area (Å²) < 4.78 is 5.56. The Kier molecular flexibility index (Phi) is 6.98. The fourth-order valence-electron chi connectivity index (χ4n) is 2.00. The predicted octanol–water partition coefficient (Wildman–Crippen LogP) is 1.55. The maximum Gasteiger partial charge on any atom is 0.0576 e. The summed E-state index contributed by atoms with van der Waals surface area (Å²) in [5.74, 6) is 0.581. The molecule has 0 aromatic heterocycles. The van der Waals surface area contributed by atoms with E-state index in [0.717, 1.165) is 26.1 Å². The van der Waals surface area contributed by atoms with E-state index in [0.29, 0.717) is 18.6 Å². The standard InChI is InChI=1S/C12H25NO2/c1-11(6-8-14)10-13-7-2-4-12-5-3-9-15-12/h11-14H,2-10H2,1H3. The lowest BCUT2D eigenvalue weighted by Crippen LogP contribution is -2.23. The van der Waals surface area contributed by atoms with Crippen molar-refractivity contribution in [3.63, 3.8) is 0 Å². The summed E-state index contributed by atoms with van der Waals surface area (Å²) in [4.78, 5) is 0. The summed E-state index contributed by atoms with van der Waals surface area (Å²) in [5, 5.41) is 12.2.